The number of hydrogen-bond donors (Lipinski definition) is 0. The molecule has 1 aromatic carbocycles. The van der Waals surface area contributed by atoms with Crippen molar-refractivity contribution in [3.63, 3.8) is 0 Å². The second kappa shape index (κ2) is 14.6. The number of fused-ring (bicyclic) bond motifs is 1. The van der Waals surface area contributed by atoms with Crippen molar-refractivity contribution in [2.75, 3.05) is 20.6 Å². The quantitative estimate of drug-likeness (QED) is 0.677. The summed E-state index contributed by atoms with van der Waals surface area (Å²) in [6.45, 7) is 16.6. The highest BCUT2D eigenvalue weighted by Crippen LogP contribution is 2.19. The predicted molar refractivity (Wildman–Crippen MR) is 104 cm³/mol. The lowest BCUT2D eigenvalue weighted by molar-refractivity contribution is 0.387. The molecule has 0 fully saturated rings. The number of para-hydroxylation sites is 1. The Balaban J connectivity index is 0. The van der Waals surface area contributed by atoms with Gasteiger partial charge in [-0.25, -0.2) is 0 Å². The molecule has 0 spiro atoms. The molecular formula is C20H38N2. The molecule has 0 saturated heterocycles. The molecular weight excluding hydrogens is 268 g/mol. The van der Waals surface area contributed by atoms with Crippen LogP contribution < -0.4 is 0 Å². The smallest absolute Gasteiger partial charge is 0.0510 e. The maximum atomic E-state index is 2.34. The highest BCUT2D eigenvalue weighted by molar-refractivity contribution is 5.83. The van der Waals surface area contributed by atoms with Crippen molar-refractivity contribution in [2.45, 2.75) is 61.4 Å². The Kier molecular flexibility index (Phi) is 15.3. The van der Waals surface area contributed by atoms with Crippen LogP contribution in [-0.2, 0) is 6.54 Å². The number of rotatable bonds is 3. The number of aromatic nitrogens is 1. The van der Waals surface area contributed by atoms with Gasteiger partial charge in [-0.1, -0.05) is 66.2 Å². The maximum Gasteiger partial charge on any atom is 0.0510 e. The van der Waals surface area contributed by atoms with Gasteiger partial charge >= 0.3 is 0 Å². The molecule has 0 amide bonds. The van der Waals surface area contributed by atoms with Gasteiger partial charge in [-0.3, -0.25) is 0 Å². The van der Waals surface area contributed by atoms with Gasteiger partial charge in [0.15, 0.2) is 0 Å². The number of likely N-dealkylation sites (N-methyl/N-ethyl adjacent to an activating group) is 1. The van der Waals surface area contributed by atoms with Gasteiger partial charge in [0, 0.05) is 19.3 Å². The van der Waals surface area contributed by atoms with Crippen molar-refractivity contribution in [1.29, 1.82) is 0 Å². The first-order valence-corrected chi connectivity index (χ1v) is 8.79. The molecule has 1 aromatic heterocycles. The Morgan fingerprint density at radius 1 is 0.955 bits per heavy atom. The molecule has 0 aliphatic carbocycles. The van der Waals surface area contributed by atoms with Crippen molar-refractivity contribution < 1.29 is 0 Å². The van der Waals surface area contributed by atoms with E-state index in [1.165, 1.54) is 22.9 Å². The zero-order chi connectivity index (χ0) is 17.5. The van der Waals surface area contributed by atoms with Gasteiger partial charge < -0.3 is 9.47 Å². The van der Waals surface area contributed by atoms with Crippen LogP contribution in [0.1, 0.15) is 53.5 Å². The zero-order valence-corrected chi connectivity index (χ0v) is 16.4. The fraction of sp³-hybridized carbons (Fsp3) is 0.600. The fourth-order valence-electron chi connectivity index (χ4n) is 1.95. The summed E-state index contributed by atoms with van der Waals surface area (Å²) in [4.78, 5) is 2.21. The van der Waals surface area contributed by atoms with Crippen molar-refractivity contribution >= 4 is 10.9 Å². The van der Waals surface area contributed by atoms with Crippen molar-refractivity contribution in [3.8, 4) is 0 Å². The van der Waals surface area contributed by atoms with Crippen LogP contribution in [0.2, 0.25) is 0 Å². The molecule has 22 heavy (non-hydrogen) atoms. The molecule has 0 N–H and O–H groups in total. The summed E-state index contributed by atoms with van der Waals surface area (Å²) in [7, 11) is 4.22. The summed E-state index contributed by atoms with van der Waals surface area (Å²) in [6.07, 6.45) is 3.43. The van der Waals surface area contributed by atoms with Crippen LogP contribution in [0.3, 0.4) is 0 Å². The van der Waals surface area contributed by atoms with E-state index in [1.807, 2.05) is 27.7 Å². The van der Waals surface area contributed by atoms with E-state index in [2.05, 4.69) is 74.8 Å². The van der Waals surface area contributed by atoms with Crippen molar-refractivity contribution in [1.82, 2.24) is 9.47 Å². The second-order valence-electron chi connectivity index (χ2n) is 5.03. The highest BCUT2D eigenvalue weighted by Gasteiger charge is 2.03. The van der Waals surface area contributed by atoms with E-state index in [4.69, 9.17) is 0 Å². The molecule has 1 heterocycles. The highest BCUT2D eigenvalue weighted by atomic mass is 15.1. The molecule has 2 nitrogen and oxygen atoms in total. The normalized spacial score (nSPS) is 9.18. The summed E-state index contributed by atoms with van der Waals surface area (Å²) >= 11 is 0. The van der Waals surface area contributed by atoms with Gasteiger partial charge in [0.05, 0.1) is 5.52 Å². The van der Waals surface area contributed by atoms with E-state index in [0.29, 0.717) is 0 Å². The molecule has 2 aromatic rings. The Morgan fingerprint density at radius 3 is 2.00 bits per heavy atom. The third kappa shape index (κ3) is 8.23. The van der Waals surface area contributed by atoms with Crippen LogP contribution in [0, 0.1) is 6.92 Å². The number of hydrogen-bond acceptors (Lipinski definition) is 1. The van der Waals surface area contributed by atoms with E-state index in [1.54, 1.807) is 0 Å². The maximum absolute atomic E-state index is 2.34. The van der Waals surface area contributed by atoms with E-state index in [9.17, 15) is 0 Å². The van der Waals surface area contributed by atoms with E-state index < -0.39 is 0 Å². The Bertz CT molecular complexity index is 470. The Morgan fingerprint density at radius 2 is 1.50 bits per heavy atom. The third-order valence-corrected chi connectivity index (χ3v) is 2.78. The number of benzene rings is 1. The Hall–Kier alpha value is -1.28. The van der Waals surface area contributed by atoms with Gasteiger partial charge in [0.2, 0.25) is 0 Å². The monoisotopic (exact) mass is 306 g/mol. The van der Waals surface area contributed by atoms with Gasteiger partial charge in [-0.05, 0) is 38.0 Å². The molecule has 0 radical (unpaired) electrons. The molecule has 0 atom stereocenters. The first-order chi connectivity index (χ1) is 10.6. The van der Waals surface area contributed by atoms with Crippen molar-refractivity contribution in [3.05, 3.63) is 36.0 Å². The van der Waals surface area contributed by atoms with E-state index in [-0.39, 0.29) is 0 Å². The minimum Gasteiger partial charge on any atom is -0.346 e. The van der Waals surface area contributed by atoms with E-state index >= 15 is 0 Å². The summed E-state index contributed by atoms with van der Waals surface area (Å²) in [5.41, 5.74) is 2.73. The van der Waals surface area contributed by atoms with Gasteiger partial charge in [0.1, 0.15) is 0 Å². The minimum absolute atomic E-state index is 1.06. The molecule has 128 valence electrons. The number of aryl methyl sites for hydroxylation is 1. The molecule has 2 rings (SSSR count). The van der Waals surface area contributed by atoms with Crippen LogP contribution >= 0.6 is 0 Å². The second-order valence-corrected chi connectivity index (χ2v) is 5.03. The average Bonchev–Trinajstić information content (AvgIpc) is 2.95. The summed E-state index contributed by atoms with van der Waals surface area (Å²) in [5, 5.41) is 1.34. The Labute approximate surface area is 139 Å². The third-order valence-electron chi connectivity index (χ3n) is 2.78. The van der Waals surface area contributed by atoms with Gasteiger partial charge in [-0.15, -0.1) is 0 Å². The fourth-order valence-corrected chi connectivity index (χ4v) is 1.95. The molecule has 0 bridgehead atoms. The molecule has 0 aliphatic rings. The zero-order valence-electron chi connectivity index (χ0n) is 16.4. The molecule has 2 heteroatoms. The van der Waals surface area contributed by atoms with Crippen LogP contribution in [0.4, 0.5) is 0 Å². The number of nitrogens with zero attached hydrogens (tertiary/aromatic N) is 2. The first kappa shape index (κ1) is 23.0. The topological polar surface area (TPSA) is 8.17 Å². The average molecular weight is 307 g/mol. The standard InChI is InChI=1S/C13H18N2.C3H8.2C2H6/c1-11-5-4-6-12-7-8-15(13(11)12)10-9-14(2)3;1-3-2;2*1-2/h4-8H,9-10H2,1-3H3;3H2,1-2H3;2*1-2H3. The SMILES string of the molecule is CC.CC.CCC.Cc1cccc2ccn(CCN(C)C)c12. The van der Waals surface area contributed by atoms with Crippen LogP contribution in [0.25, 0.3) is 10.9 Å². The molecule has 0 unspecified atom stereocenters. The minimum atomic E-state index is 1.06. The molecule has 0 aliphatic heterocycles. The largest absolute Gasteiger partial charge is 0.346 e. The van der Waals surface area contributed by atoms with Crippen LogP contribution in [-0.4, -0.2) is 30.1 Å². The lowest BCUT2D eigenvalue weighted by atomic mass is 10.2. The summed E-state index contributed by atoms with van der Waals surface area (Å²) in [5.74, 6) is 0. The predicted octanol–water partition coefficient (Wildman–Crippen LogP) is 5.98. The van der Waals surface area contributed by atoms with E-state index in [0.717, 1.165) is 13.1 Å². The summed E-state index contributed by atoms with van der Waals surface area (Å²) in [6, 6.07) is 8.66. The van der Waals surface area contributed by atoms with Gasteiger partial charge in [0.25, 0.3) is 0 Å². The summed E-state index contributed by atoms with van der Waals surface area (Å²) < 4.78 is 2.34. The first-order valence-electron chi connectivity index (χ1n) is 8.79. The van der Waals surface area contributed by atoms with Crippen LogP contribution in [0.15, 0.2) is 30.5 Å². The lowest BCUT2D eigenvalue weighted by Gasteiger charge is -2.12. The lowest BCUT2D eigenvalue weighted by Crippen LogP contribution is -2.18. The van der Waals surface area contributed by atoms with Crippen molar-refractivity contribution in [2.24, 2.45) is 0 Å². The van der Waals surface area contributed by atoms with Gasteiger partial charge in [-0.2, -0.15) is 0 Å². The molecule has 0 saturated carbocycles. The van der Waals surface area contributed by atoms with Crippen LogP contribution in [0.5, 0.6) is 0 Å².